The highest BCUT2D eigenvalue weighted by Gasteiger charge is 2.36. The average molecular weight is 480 g/mol. The highest BCUT2D eigenvalue weighted by atomic mass is 19.1. The molecule has 1 amide bonds. The van der Waals surface area contributed by atoms with Crippen LogP contribution in [0.3, 0.4) is 0 Å². The molecule has 1 aliphatic rings. The highest BCUT2D eigenvalue weighted by molar-refractivity contribution is 5.80. The molecule has 0 spiro atoms. The summed E-state index contributed by atoms with van der Waals surface area (Å²) in [5.74, 6) is -2.19. The van der Waals surface area contributed by atoms with Crippen LogP contribution in [-0.2, 0) is 16.0 Å². The third kappa shape index (κ3) is 4.73. The van der Waals surface area contributed by atoms with Gasteiger partial charge < -0.3 is 14.7 Å². The third-order valence-corrected chi connectivity index (χ3v) is 5.64. The second-order valence-corrected chi connectivity index (χ2v) is 8.03. The summed E-state index contributed by atoms with van der Waals surface area (Å²) in [4.78, 5) is 18.3. The first-order valence-electron chi connectivity index (χ1n) is 10.7. The van der Waals surface area contributed by atoms with Crippen molar-refractivity contribution in [3.63, 3.8) is 0 Å². The lowest BCUT2D eigenvalue weighted by atomic mass is 10.1. The first-order valence-corrected chi connectivity index (χ1v) is 10.7. The quantitative estimate of drug-likeness (QED) is 0.448. The maximum Gasteiger partial charge on any atom is 0.250 e. The zero-order valence-electron chi connectivity index (χ0n) is 18.2. The summed E-state index contributed by atoms with van der Waals surface area (Å²) in [5.41, 5.74) is 2.05. The lowest BCUT2D eigenvalue weighted by molar-refractivity contribution is -0.128. The number of phenols is 1. The van der Waals surface area contributed by atoms with Crippen molar-refractivity contribution in [3.8, 4) is 22.8 Å². The van der Waals surface area contributed by atoms with E-state index in [0.29, 0.717) is 24.2 Å². The Bertz CT molecular complexity index is 1350. The van der Waals surface area contributed by atoms with Crippen LogP contribution >= 0.6 is 0 Å². The molecular formula is C25H19F3N4O3. The van der Waals surface area contributed by atoms with Gasteiger partial charge >= 0.3 is 0 Å². The maximum absolute atomic E-state index is 13.9. The largest absolute Gasteiger partial charge is 0.508 e. The maximum atomic E-state index is 13.9. The number of aromatic nitrogens is 3. The van der Waals surface area contributed by atoms with Gasteiger partial charge in [0.25, 0.3) is 5.91 Å². The number of benzene rings is 2. The topological polar surface area (TPSA) is 80.5 Å². The van der Waals surface area contributed by atoms with Crippen LogP contribution in [0.15, 0.2) is 67.0 Å². The number of amides is 1. The smallest absolute Gasteiger partial charge is 0.250 e. The predicted molar refractivity (Wildman–Crippen MR) is 119 cm³/mol. The van der Waals surface area contributed by atoms with E-state index in [4.69, 9.17) is 4.74 Å². The number of rotatable bonds is 6. The fraction of sp³-hybridized carbons (Fsp3) is 0.160. The first-order chi connectivity index (χ1) is 16.9. The molecule has 5 rings (SSSR count). The number of ether oxygens (including phenoxy) is 1. The standard InChI is InChI=1S/C25H19F3N4O3/c26-16-3-6-22(29-12-16)24-21(13-32(30-24)19-10-17(27)9-18(28)11-19)25-31(23(34)14-35-25)8-7-15-1-4-20(33)5-2-15/h1-6,9-13,25,33H,7-8,14H2/t25-/m1/s1. The Kier molecular flexibility index (Phi) is 5.96. The molecule has 0 aliphatic carbocycles. The number of phenolic OH excluding ortho intramolecular Hbond substituents is 1. The summed E-state index contributed by atoms with van der Waals surface area (Å²) >= 11 is 0. The molecule has 7 nitrogen and oxygen atoms in total. The van der Waals surface area contributed by atoms with Gasteiger partial charge in [-0.2, -0.15) is 5.10 Å². The molecule has 1 saturated heterocycles. The van der Waals surface area contributed by atoms with Crippen LogP contribution in [0.5, 0.6) is 5.75 Å². The van der Waals surface area contributed by atoms with Crippen LogP contribution in [-0.4, -0.2) is 43.8 Å². The molecule has 0 unspecified atom stereocenters. The summed E-state index contributed by atoms with van der Waals surface area (Å²) in [6, 6.07) is 12.3. The van der Waals surface area contributed by atoms with Crippen molar-refractivity contribution in [2.75, 3.05) is 13.2 Å². The van der Waals surface area contributed by atoms with Gasteiger partial charge in [0.1, 0.15) is 35.5 Å². The molecule has 0 saturated carbocycles. The van der Waals surface area contributed by atoms with E-state index in [2.05, 4.69) is 10.1 Å². The second-order valence-electron chi connectivity index (χ2n) is 8.03. The fourth-order valence-corrected chi connectivity index (χ4v) is 3.95. The van der Waals surface area contributed by atoms with E-state index in [0.717, 1.165) is 30.0 Å². The molecule has 4 aromatic rings. The van der Waals surface area contributed by atoms with Crippen LogP contribution in [0.4, 0.5) is 13.2 Å². The van der Waals surface area contributed by atoms with Gasteiger partial charge in [-0.15, -0.1) is 0 Å². The van der Waals surface area contributed by atoms with Gasteiger partial charge in [-0.1, -0.05) is 12.1 Å². The highest BCUT2D eigenvalue weighted by Crippen LogP contribution is 2.35. The lowest BCUT2D eigenvalue weighted by Gasteiger charge is -2.23. The van der Waals surface area contributed by atoms with Crippen LogP contribution in [0.1, 0.15) is 17.4 Å². The van der Waals surface area contributed by atoms with Crippen LogP contribution in [0.2, 0.25) is 0 Å². The van der Waals surface area contributed by atoms with Gasteiger partial charge in [0.15, 0.2) is 6.23 Å². The van der Waals surface area contributed by atoms with E-state index in [1.165, 1.54) is 27.9 Å². The molecule has 0 radical (unpaired) electrons. The van der Waals surface area contributed by atoms with Crippen LogP contribution in [0.25, 0.3) is 17.1 Å². The molecule has 1 N–H and O–H groups in total. The molecule has 1 fully saturated rings. The Hall–Kier alpha value is -4.18. The Morgan fingerprint density at radius 1 is 1.00 bits per heavy atom. The molecule has 10 heteroatoms. The van der Waals surface area contributed by atoms with E-state index in [9.17, 15) is 23.1 Å². The van der Waals surface area contributed by atoms with Crippen LogP contribution < -0.4 is 0 Å². The molecule has 35 heavy (non-hydrogen) atoms. The third-order valence-electron chi connectivity index (χ3n) is 5.64. The van der Waals surface area contributed by atoms with Gasteiger partial charge in [-0.05, 0) is 48.4 Å². The van der Waals surface area contributed by atoms with Crippen molar-refractivity contribution in [1.82, 2.24) is 19.7 Å². The number of aromatic hydroxyl groups is 1. The van der Waals surface area contributed by atoms with Gasteiger partial charge in [-0.25, -0.2) is 17.9 Å². The van der Waals surface area contributed by atoms with E-state index in [-0.39, 0.29) is 29.6 Å². The summed E-state index contributed by atoms with van der Waals surface area (Å²) in [6.45, 7) is 0.153. The zero-order valence-corrected chi connectivity index (χ0v) is 18.2. The van der Waals surface area contributed by atoms with Crippen molar-refractivity contribution in [2.45, 2.75) is 12.6 Å². The summed E-state index contributed by atoms with van der Waals surface area (Å²) < 4.78 is 48.3. The minimum absolute atomic E-state index is 0.122. The molecule has 3 heterocycles. The van der Waals surface area contributed by atoms with Crippen molar-refractivity contribution in [3.05, 3.63) is 95.6 Å². The molecule has 178 valence electrons. The van der Waals surface area contributed by atoms with E-state index < -0.39 is 23.7 Å². The van der Waals surface area contributed by atoms with Crippen molar-refractivity contribution in [1.29, 1.82) is 0 Å². The van der Waals surface area contributed by atoms with Gasteiger partial charge in [-0.3, -0.25) is 9.78 Å². The van der Waals surface area contributed by atoms with E-state index in [1.54, 1.807) is 24.3 Å². The summed E-state index contributed by atoms with van der Waals surface area (Å²) in [5, 5.41) is 13.9. The first kappa shape index (κ1) is 22.6. The number of carbonyl (C=O) groups is 1. The van der Waals surface area contributed by atoms with Gasteiger partial charge in [0.2, 0.25) is 0 Å². The second kappa shape index (κ2) is 9.22. The van der Waals surface area contributed by atoms with E-state index >= 15 is 0 Å². The minimum Gasteiger partial charge on any atom is -0.508 e. The van der Waals surface area contributed by atoms with Crippen LogP contribution in [0, 0.1) is 17.5 Å². The van der Waals surface area contributed by atoms with Gasteiger partial charge in [0, 0.05) is 24.4 Å². The van der Waals surface area contributed by atoms with E-state index in [1.807, 2.05) is 0 Å². The molecule has 2 aromatic carbocycles. The summed E-state index contributed by atoms with van der Waals surface area (Å²) in [6.07, 6.45) is 2.21. The molecule has 0 bridgehead atoms. The Morgan fingerprint density at radius 2 is 1.74 bits per heavy atom. The Morgan fingerprint density at radius 3 is 2.43 bits per heavy atom. The summed E-state index contributed by atoms with van der Waals surface area (Å²) in [7, 11) is 0. The Labute approximate surface area is 198 Å². The monoisotopic (exact) mass is 480 g/mol. The molecule has 1 atom stereocenters. The normalized spacial score (nSPS) is 15.7. The number of pyridine rings is 1. The SMILES string of the molecule is O=C1CO[C@H](c2cn(-c3cc(F)cc(F)c3)nc2-c2ccc(F)cn2)N1CCc1ccc(O)cc1. The van der Waals surface area contributed by atoms with Crippen molar-refractivity contribution >= 4 is 5.91 Å². The lowest BCUT2D eigenvalue weighted by Crippen LogP contribution is -2.30. The number of hydrogen-bond acceptors (Lipinski definition) is 5. The molecule has 2 aromatic heterocycles. The van der Waals surface area contributed by atoms with Gasteiger partial charge in [0.05, 0.1) is 17.6 Å². The average Bonchev–Trinajstić information content (AvgIpc) is 3.42. The zero-order chi connectivity index (χ0) is 24.5. The number of carbonyl (C=O) groups excluding carboxylic acids is 1. The van der Waals surface area contributed by atoms with Crippen molar-refractivity contribution < 1.29 is 27.8 Å². The predicted octanol–water partition coefficient (Wildman–Crippen LogP) is 4.16. The fourth-order valence-electron chi connectivity index (χ4n) is 3.95. The Balaban J connectivity index is 1.53. The number of nitrogens with zero attached hydrogens (tertiary/aromatic N) is 4. The minimum atomic E-state index is -0.839. The number of hydrogen-bond donors (Lipinski definition) is 1. The number of halogens is 3. The van der Waals surface area contributed by atoms with Crippen molar-refractivity contribution in [2.24, 2.45) is 0 Å². The molecule has 1 aliphatic heterocycles. The molecular weight excluding hydrogens is 461 g/mol.